The van der Waals surface area contributed by atoms with Crippen molar-refractivity contribution in [2.75, 3.05) is 28.3 Å². The van der Waals surface area contributed by atoms with Crippen molar-refractivity contribution in [1.29, 1.82) is 0 Å². The zero-order valence-corrected chi connectivity index (χ0v) is 16.3. The van der Waals surface area contributed by atoms with Gasteiger partial charge in [0.2, 0.25) is 0 Å². The monoisotopic (exact) mass is 357 g/mol. The molecule has 0 N–H and O–H groups in total. The van der Waals surface area contributed by atoms with Crippen LogP contribution in [0, 0.1) is 0 Å². The van der Waals surface area contributed by atoms with Crippen LogP contribution in [0.5, 0.6) is 11.5 Å². The summed E-state index contributed by atoms with van der Waals surface area (Å²) < 4.78 is 10.6. The third-order valence-electron chi connectivity index (χ3n) is 5.01. The van der Waals surface area contributed by atoms with Crippen molar-refractivity contribution in [1.82, 2.24) is 4.90 Å². The molecule has 0 radical (unpaired) electrons. The number of nitrogens with zero attached hydrogens (tertiary/aromatic N) is 1. The molecule has 1 saturated heterocycles. The second-order valence-electron chi connectivity index (χ2n) is 6.75. The van der Waals surface area contributed by atoms with E-state index in [1.807, 2.05) is 0 Å². The molecule has 25 heavy (non-hydrogen) atoms. The molecule has 2 aromatic rings. The van der Waals surface area contributed by atoms with Gasteiger partial charge < -0.3 is 14.4 Å². The molecule has 1 heterocycles. The van der Waals surface area contributed by atoms with Crippen molar-refractivity contribution in [3.8, 4) is 11.5 Å². The van der Waals surface area contributed by atoms with E-state index in [4.69, 9.17) is 9.47 Å². The first kappa shape index (κ1) is 18.2. The van der Waals surface area contributed by atoms with Gasteiger partial charge in [-0.25, -0.2) is 0 Å². The molecule has 0 aliphatic carbocycles. The Labute approximate surface area is 155 Å². The fourth-order valence-electron chi connectivity index (χ4n) is 3.39. The van der Waals surface area contributed by atoms with Crippen molar-refractivity contribution >= 4 is 11.8 Å². The second kappa shape index (κ2) is 8.15. The Morgan fingerprint density at radius 2 is 1.16 bits per heavy atom. The largest absolute Gasteiger partial charge is 0.497 e. The third kappa shape index (κ3) is 4.31. The molecule has 3 nitrogen and oxygen atoms in total. The molecule has 0 bridgehead atoms. The summed E-state index contributed by atoms with van der Waals surface area (Å²) in [7, 11) is 7.81. The predicted molar refractivity (Wildman–Crippen MR) is 106 cm³/mol. The lowest BCUT2D eigenvalue weighted by atomic mass is 9.96. The minimum Gasteiger partial charge on any atom is -0.497 e. The van der Waals surface area contributed by atoms with Crippen molar-refractivity contribution in [3.05, 3.63) is 59.7 Å². The molecule has 1 aliphatic rings. The first-order valence-corrected chi connectivity index (χ1v) is 9.64. The summed E-state index contributed by atoms with van der Waals surface area (Å²) in [6, 6.07) is 17.7. The molecule has 2 atom stereocenters. The van der Waals surface area contributed by atoms with Gasteiger partial charge in [-0.1, -0.05) is 24.3 Å². The van der Waals surface area contributed by atoms with Crippen LogP contribution in [0.25, 0.3) is 0 Å². The van der Waals surface area contributed by atoms with E-state index in [-0.39, 0.29) is 0 Å². The molecule has 0 spiro atoms. The summed E-state index contributed by atoms with van der Waals surface area (Å²) in [5.41, 5.74) is 2.77. The molecule has 0 amide bonds. The Kier molecular flexibility index (Phi) is 5.92. The smallest absolute Gasteiger partial charge is 0.118 e. The molecule has 4 heteroatoms. The quantitative estimate of drug-likeness (QED) is 0.755. The van der Waals surface area contributed by atoms with Gasteiger partial charge in [0.15, 0.2) is 0 Å². The summed E-state index contributed by atoms with van der Waals surface area (Å²) in [6.07, 6.45) is 2.35. The molecular formula is C21H27NO2S. The molecule has 0 aromatic heterocycles. The lowest BCUT2D eigenvalue weighted by Gasteiger charge is -2.38. The Morgan fingerprint density at radius 1 is 0.760 bits per heavy atom. The van der Waals surface area contributed by atoms with Crippen LogP contribution in [-0.4, -0.2) is 39.3 Å². The first-order chi connectivity index (χ1) is 12.1. The Morgan fingerprint density at radius 3 is 1.48 bits per heavy atom. The third-order valence-corrected chi connectivity index (χ3v) is 6.59. The highest BCUT2D eigenvalue weighted by atomic mass is 32.2. The van der Waals surface area contributed by atoms with Crippen LogP contribution >= 0.6 is 11.8 Å². The highest BCUT2D eigenvalue weighted by Crippen LogP contribution is 2.51. The topological polar surface area (TPSA) is 21.7 Å². The van der Waals surface area contributed by atoms with Crippen molar-refractivity contribution in [2.24, 2.45) is 0 Å². The Bertz CT molecular complexity index is 614. The van der Waals surface area contributed by atoms with Crippen molar-refractivity contribution in [3.63, 3.8) is 0 Å². The van der Waals surface area contributed by atoms with E-state index in [0.29, 0.717) is 16.5 Å². The van der Waals surface area contributed by atoms with E-state index in [2.05, 4.69) is 79.3 Å². The molecular weight excluding hydrogens is 330 g/mol. The van der Waals surface area contributed by atoms with Crippen LogP contribution in [0.1, 0.15) is 34.5 Å². The van der Waals surface area contributed by atoms with E-state index >= 15 is 0 Å². The molecule has 2 aromatic carbocycles. The fraction of sp³-hybridized carbons (Fsp3) is 0.429. The fourth-order valence-corrected chi connectivity index (χ4v) is 5.08. The lowest BCUT2D eigenvalue weighted by molar-refractivity contribution is 0.254. The molecule has 3 rings (SSSR count). The van der Waals surface area contributed by atoms with Gasteiger partial charge >= 0.3 is 0 Å². The zero-order chi connectivity index (χ0) is 17.8. The predicted octanol–water partition coefficient (Wildman–Crippen LogP) is 4.94. The number of rotatable bonds is 5. The normalized spacial score (nSPS) is 23.5. The summed E-state index contributed by atoms with van der Waals surface area (Å²) in [5.74, 6) is 1.83. The summed E-state index contributed by atoms with van der Waals surface area (Å²) in [6.45, 7) is 0. The summed E-state index contributed by atoms with van der Waals surface area (Å²) in [4.78, 5) is 2.37. The number of methoxy groups -OCH3 is 2. The van der Waals surface area contributed by atoms with E-state index in [1.54, 1.807) is 14.2 Å². The second-order valence-corrected chi connectivity index (χ2v) is 8.16. The maximum absolute atomic E-state index is 5.30. The van der Waals surface area contributed by atoms with Gasteiger partial charge in [0, 0.05) is 16.5 Å². The number of benzene rings is 2. The molecule has 0 saturated carbocycles. The zero-order valence-electron chi connectivity index (χ0n) is 15.4. The first-order valence-electron chi connectivity index (χ1n) is 8.70. The maximum Gasteiger partial charge on any atom is 0.118 e. The molecule has 1 fully saturated rings. The standard InChI is InChI=1S/C21H27NO2S/c1-22(2)17-13-20(15-5-9-18(23-3)10-6-15)25-21(14-17)16-7-11-19(24-4)12-8-16/h5-12,17,20-21H,13-14H2,1-4H3. The van der Waals surface area contributed by atoms with E-state index in [9.17, 15) is 0 Å². The van der Waals surface area contributed by atoms with Gasteiger partial charge in [0.25, 0.3) is 0 Å². The number of hydrogen-bond acceptors (Lipinski definition) is 4. The van der Waals surface area contributed by atoms with Crippen LogP contribution in [0.2, 0.25) is 0 Å². The highest BCUT2D eigenvalue weighted by molar-refractivity contribution is 7.99. The van der Waals surface area contributed by atoms with Crippen LogP contribution < -0.4 is 9.47 Å². The van der Waals surface area contributed by atoms with Gasteiger partial charge in [-0.05, 0) is 62.3 Å². The average molecular weight is 358 g/mol. The summed E-state index contributed by atoms with van der Waals surface area (Å²) in [5, 5.41) is 0.998. The van der Waals surface area contributed by atoms with Crippen LogP contribution in [0.4, 0.5) is 0 Å². The van der Waals surface area contributed by atoms with Gasteiger partial charge in [0.1, 0.15) is 11.5 Å². The Balaban J connectivity index is 1.83. The summed E-state index contributed by atoms with van der Waals surface area (Å²) >= 11 is 2.08. The van der Waals surface area contributed by atoms with Crippen LogP contribution in [0.15, 0.2) is 48.5 Å². The Hall–Kier alpha value is -1.65. The van der Waals surface area contributed by atoms with E-state index < -0.39 is 0 Å². The molecule has 2 unspecified atom stereocenters. The number of ether oxygens (including phenoxy) is 2. The SMILES string of the molecule is COc1ccc(C2CC(N(C)C)CC(c3ccc(OC)cc3)S2)cc1. The minimum atomic E-state index is 0.499. The number of thioether (sulfide) groups is 1. The minimum absolute atomic E-state index is 0.499. The van der Waals surface area contributed by atoms with Gasteiger partial charge in [-0.2, -0.15) is 0 Å². The molecule has 1 aliphatic heterocycles. The lowest BCUT2D eigenvalue weighted by Crippen LogP contribution is -2.33. The van der Waals surface area contributed by atoms with E-state index in [0.717, 1.165) is 11.5 Å². The highest BCUT2D eigenvalue weighted by Gasteiger charge is 2.32. The van der Waals surface area contributed by atoms with Gasteiger partial charge in [0.05, 0.1) is 14.2 Å². The maximum atomic E-state index is 5.30. The molecule has 134 valence electrons. The van der Waals surface area contributed by atoms with Gasteiger partial charge in [-0.3, -0.25) is 0 Å². The van der Waals surface area contributed by atoms with E-state index in [1.165, 1.54) is 24.0 Å². The van der Waals surface area contributed by atoms with Crippen molar-refractivity contribution < 1.29 is 9.47 Å². The average Bonchev–Trinajstić information content (AvgIpc) is 2.67. The van der Waals surface area contributed by atoms with Crippen LogP contribution in [-0.2, 0) is 0 Å². The van der Waals surface area contributed by atoms with Crippen molar-refractivity contribution in [2.45, 2.75) is 29.4 Å². The van der Waals surface area contributed by atoms with Gasteiger partial charge in [-0.15, -0.1) is 11.8 Å². The van der Waals surface area contributed by atoms with Crippen LogP contribution in [0.3, 0.4) is 0 Å². The number of hydrogen-bond donors (Lipinski definition) is 0.